The summed E-state index contributed by atoms with van der Waals surface area (Å²) in [4.78, 5) is 46.0. The van der Waals surface area contributed by atoms with Crippen LogP contribution in [-0.2, 0) is 23.1 Å². The number of aromatic nitrogens is 2. The number of amides is 2. The number of carboxylic acid groups (broad SMARTS) is 1. The molecule has 0 aliphatic carbocycles. The van der Waals surface area contributed by atoms with Crippen LogP contribution in [-0.4, -0.2) is 63.8 Å². The number of benzene rings is 2. The van der Waals surface area contributed by atoms with Crippen LogP contribution in [0, 0.1) is 0 Å². The molecule has 3 aromatic rings. The van der Waals surface area contributed by atoms with E-state index in [-0.39, 0.29) is 36.6 Å². The molecule has 10 nitrogen and oxygen atoms in total. The van der Waals surface area contributed by atoms with E-state index >= 15 is 0 Å². The number of nitrogens with zero attached hydrogens (tertiary/aromatic N) is 3. The van der Waals surface area contributed by atoms with Crippen LogP contribution in [0.5, 0.6) is 5.75 Å². The Morgan fingerprint density at radius 3 is 2.44 bits per heavy atom. The molecule has 0 fully saturated rings. The average molecular weight is 557 g/mol. The number of imidazole rings is 1. The van der Waals surface area contributed by atoms with Gasteiger partial charge in [0.2, 0.25) is 5.82 Å². The smallest absolute Gasteiger partial charge is 0.313 e. The third kappa shape index (κ3) is 8.05. The van der Waals surface area contributed by atoms with Crippen molar-refractivity contribution in [1.29, 1.82) is 0 Å². The number of ether oxygens (including phenoxy) is 1. The number of carboxylic acids is 1. The summed E-state index contributed by atoms with van der Waals surface area (Å²) in [6.45, 7) is 3.76. The zero-order chi connectivity index (χ0) is 28.7. The third-order valence-corrected chi connectivity index (χ3v) is 6.25. The van der Waals surface area contributed by atoms with Crippen LogP contribution in [0.4, 0.5) is 0 Å². The maximum Gasteiger partial charge on any atom is 0.313 e. The van der Waals surface area contributed by atoms with Crippen LogP contribution in [0.1, 0.15) is 53.2 Å². The van der Waals surface area contributed by atoms with E-state index in [4.69, 9.17) is 21.2 Å². The van der Waals surface area contributed by atoms with Crippen molar-refractivity contribution in [3.8, 4) is 17.0 Å². The lowest BCUT2D eigenvalue weighted by Gasteiger charge is -2.19. The average Bonchev–Trinajstić information content (AvgIpc) is 3.28. The Bertz CT molecular complexity index is 1320. The summed E-state index contributed by atoms with van der Waals surface area (Å²) in [6, 6.07) is 11.9. The highest BCUT2D eigenvalue weighted by Gasteiger charge is 2.20. The molecular formula is C28H33ClN4O6. The molecule has 2 aromatic carbocycles. The van der Waals surface area contributed by atoms with E-state index in [0.29, 0.717) is 28.5 Å². The Morgan fingerprint density at radius 1 is 1.15 bits per heavy atom. The minimum Gasteiger partial charge on any atom is -0.489 e. The second kappa shape index (κ2) is 13.3. The van der Waals surface area contributed by atoms with Gasteiger partial charge in [0, 0.05) is 43.9 Å². The summed E-state index contributed by atoms with van der Waals surface area (Å²) in [5.74, 6) is -0.947. The predicted octanol–water partition coefficient (Wildman–Crippen LogP) is 4.37. The van der Waals surface area contributed by atoms with Gasteiger partial charge in [0.25, 0.3) is 5.91 Å². The van der Waals surface area contributed by atoms with Gasteiger partial charge in [-0.05, 0) is 50.5 Å². The van der Waals surface area contributed by atoms with Crippen molar-refractivity contribution >= 4 is 29.4 Å². The number of hydroxylamine groups is 2. The monoisotopic (exact) mass is 556 g/mol. The minimum absolute atomic E-state index is 0.0615. The van der Waals surface area contributed by atoms with Gasteiger partial charge < -0.3 is 19.7 Å². The molecule has 0 spiro atoms. The molecule has 39 heavy (non-hydrogen) atoms. The third-order valence-electron chi connectivity index (χ3n) is 5.96. The summed E-state index contributed by atoms with van der Waals surface area (Å²) in [5.41, 5.74) is 2.68. The highest BCUT2D eigenvalue weighted by Crippen LogP contribution is 2.27. The Labute approximate surface area is 232 Å². The van der Waals surface area contributed by atoms with Crippen LogP contribution >= 0.6 is 11.6 Å². The van der Waals surface area contributed by atoms with E-state index in [1.807, 2.05) is 38.1 Å². The zero-order valence-electron chi connectivity index (χ0n) is 22.6. The van der Waals surface area contributed by atoms with E-state index in [0.717, 1.165) is 16.2 Å². The Kier molecular flexibility index (Phi) is 10.1. The number of hydrogen-bond donors (Lipinski definition) is 2. The van der Waals surface area contributed by atoms with Gasteiger partial charge in [-0.3, -0.25) is 19.2 Å². The van der Waals surface area contributed by atoms with Crippen molar-refractivity contribution in [3.05, 3.63) is 70.6 Å². The Balaban J connectivity index is 1.74. The fourth-order valence-corrected chi connectivity index (χ4v) is 4.13. The van der Waals surface area contributed by atoms with E-state index < -0.39 is 12.0 Å². The van der Waals surface area contributed by atoms with Gasteiger partial charge in [-0.25, -0.2) is 10.0 Å². The largest absolute Gasteiger partial charge is 0.489 e. The lowest BCUT2D eigenvalue weighted by Crippen LogP contribution is -2.37. The first kappa shape index (κ1) is 29.7. The lowest BCUT2D eigenvalue weighted by atomic mass is 9.99. The number of rotatable bonds is 12. The van der Waals surface area contributed by atoms with Gasteiger partial charge in [-0.1, -0.05) is 35.9 Å². The number of aryl methyl sites for hydroxylation is 1. The SMILES string of the molecule is CON(C)C(=O)c1nc(-c2ccc(C[C@@H](CCC(=O)O)NC(=O)c3ccc(OC(C)C)c(Cl)c3)cc2)cn1C. The standard InChI is InChI=1S/C28H33ClN4O6/c1-17(2)39-24-12-10-20(15-22(24)29)27(36)30-21(11-13-25(34)35)14-18-6-8-19(9-7-18)23-16-32(3)26(31-23)28(37)33(4)38-5/h6-10,12,15-17,21H,11,13-14H2,1-5H3,(H,30,36)(H,34,35)/t21-/m1/s1. The number of hydrogen-bond acceptors (Lipinski definition) is 6. The van der Waals surface area contributed by atoms with Gasteiger partial charge in [-0.15, -0.1) is 0 Å². The second-order valence-corrected chi connectivity index (χ2v) is 9.77. The molecule has 1 atom stereocenters. The molecule has 3 rings (SSSR count). The molecule has 2 amide bonds. The predicted molar refractivity (Wildman–Crippen MR) is 147 cm³/mol. The molecule has 0 unspecified atom stereocenters. The molecule has 1 heterocycles. The van der Waals surface area contributed by atoms with E-state index in [9.17, 15) is 19.5 Å². The van der Waals surface area contributed by atoms with Gasteiger partial charge >= 0.3 is 11.9 Å². The van der Waals surface area contributed by atoms with Crippen molar-refractivity contribution in [2.75, 3.05) is 14.2 Å². The number of aliphatic carboxylic acids is 1. The van der Waals surface area contributed by atoms with E-state index in [2.05, 4.69) is 10.3 Å². The van der Waals surface area contributed by atoms with Crippen LogP contribution in [0.3, 0.4) is 0 Å². The summed E-state index contributed by atoms with van der Waals surface area (Å²) in [5, 5.41) is 13.6. The van der Waals surface area contributed by atoms with Gasteiger partial charge in [0.15, 0.2) is 0 Å². The first-order valence-corrected chi connectivity index (χ1v) is 12.8. The Morgan fingerprint density at radius 2 is 1.85 bits per heavy atom. The highest BCUT2D eigenvalue weighted by atomic mass is 35.5. The lowest BCUT2D eigenvalue weighted by molar-refractivity contribution is -0.137. The van der Waals surface area contributed by atoms with Gasteiger partial charge in [0.05, 0.1) is 23.9 Å². The van der Waals surface area contributed by atoms with Crippen molar-refractivity contribution in [2.24, 2.45) is 7.05 Å². The molecular weight excluding hydrogens is 524 g/mol. The maximum absolute atomic E-state index is 13.0. The number of carbonyl (C=O) groups is 3. The number of carbonyl (C=O) groups excluding carboxylic acids is 2. The molecule has 2 N–H and O–H groups in total. The molecule has 0 aliphatic rings. The number of nitrogens with one attached hydrogen (secondary N) is 1. The number of halogens is 1. The quantitative estimate of drug-likeness (QED) is 0.318. The Hall–Kier alpha value is -3.89. The van der Waals surface area contributed by atoms with Crippen molar-refractivity contribution in [1.82, 2.24) is 19.9 Å². The van der Waals surface area contributed by atoms with Gasteiger partial charge in [-0.2, -0.15) is 0 Å². The molecule has 11 heteroatoms. The van der Waals surface area contributed by atoms with Gasteiger partial charge in [0.1, 0.15) is 5.75 Å². The highest BCUT2D eigenvalue weighted by molar-refractivity contribution is 6.32. The first-order valence-electron chi connectivity index (χ1n) is 12.4. The second-order valence-electron chi connectivity index (χ2n) is 9.36. The maximum atomic E-state index is 13.0. The van der Waals surface area contributed by atoms with E-state index in [1.165, 1.54) is 20.2 Å². The first-order chi connectivity index (χ1) is 18.5. The van der Waals surface area contributed by atoms with Crippen LogP contribution < -0.4 is 10.1 Å². The molecule has 0 aliphatic heterocycles. The van der Waals surface area contributed by atoms with Crippen LogP contribution in [0.25, 0.3) is 11.3 Å². The van der Waals surface area contributed by atoms with Crippen molar-refractivity contribution < 1.29 is 29.1 Å². The topological polar surface area (TPSA) is 123 Å². The molecule has 0 saturated heterocycles. The molecule has 0 radical (unpaired) electrons. The fraction of sp³-hybridized carbons (Fsp3) is 0.357. The zero-order valence-corrected chi connectivity index (χ0v) is 23.4. The minimum atomic E-state index is -0.942. The van der Waals surface area contributed by atoms with E-state index in [1.54, 1.807) is 29.9 Å². The van der Waals surface area contributed by atoms with Crippen molar-refractivity contribution in [2.45, 2.75) is 45.3 Å². The summed E-state index contributed by atoms with van der Waals surface area (Å²) in [6.07, 6.45) is 2.28. The molecule has 208 valence electrons. The fourth-order valence-electron chi connectivity index (χ4n) is 3.91. The van der Waals surface area contributed by atoms with Crippen LogP contribution in [0.15, 0.2) is 48.7 Å². The van der Waals surface area contributed by atoms with Crippen LogP contribution in [0.2, 0.25) is 5.02 Å². The molecule has 0 saturated carbocycles. The molecule has 0 bridgehead atoms. The summed E-state index contributed by atoms with van der Waals surface area (Å²) >= 11 is 6.29. The van der Waals surface area contributed by atoms with Crippen molar-refractivity contribution in [3.63, 3.8) is 0 Å². The summed E-state index contributed by atoms with van der Waals surface area (Å²) < 4.78 is 7.25. The summed E-state index contributed by atoms with van der Waals surface area (Å²) in [7, 11) is 4.64. The normalized spacial score (nSPS) is 11.8. The molecule has 1 aromatic heterocycles.